The Labute approximate surface area is 72.4 Å². The molecule has 0 aliphatic heterocycles. The van der Waals surface area contributed by atoms with Gasteiger partial charge in [0, 0.05) is 6.42 Å². The van der Waals surface area contributed by atoms with Crippen molar-refractivity contribution in [2.75, 3.05) is 6.61 Å². The van der Waals surface area contributed by atoms with Crippen molar-refractivity contribution in [1.82, 2.24) is 0 Å². The number of carbonyl (C=O) groups is 2. The van der Waals surface area contributed by atoms with Crippen LogP contribution in [0.3, 0.4) is 0 Å². The van der Waals surface area contributed by atoms with Crippen molar-refractivity contribution in [3.8, 4) is 0 Å². The van der Waals surface area contributed by atoms with Gasteiger partial charge in [-0.25, -0.2) is 0 Å². The molecule has 0 saturated carbocycles. The maximum Gasteiger partial charge on any atom is 0.312 e. The average Bonchev–Trinajstić information content (AvgIpc) is 2.00. The molecule has 3 nitrogen and oxygen atoms in total. The predicted octanol–water partition coefficient (Wildman–Crippen LogP) is 1.33. The van der Waals surface area contributed by atoms with Crippen molar-refractivity contribution < 1.29 is 14.3 Å². The van der Waals surface area contributed by atoms with E-state index in [1.54, 1.807) is 13.8 Å². The fraction of sp³-hybridized carbons (Fsp3) is 0.556. The number of hydrogen-bond acceptors (Lipinski definition) is 3. The maximum absolute atomic E-state index is 11.2. The van der Waals surface area contributed by atoms with Crippen LogP contribution in [0.1, 0.15) is 20.3 Å². The third-order valence-electron chi connectivity index (χ3n) is 1.48. The third kappa shape index (κ3) is 3.32. The van der Waals surface area contributed by atoms with Crippen LogP contribution in [-0.4, -0.2) is 18.9 Å². The molecule has 0 saturated heterocycles. The fourth-order valence-electron chi connectivity index (χ4n) is 0.622. The summed E-state index contributed by atoms with van der Waals surface area (Å²) in [5.41, 5.74) is -0.717. The first-order valence-electron chi connectivity index (χ1n) is 3.76. The Morgan fingerprint density at radius 2 is 2.17 bits per heavy atom. The van der Waals surface area contributed by atoms with Crippen molar-refractivity contribution in [2.24, 2.45) is 5.41 Å². The van der Waals surface area contributed by atoms with E-state index in [0.29, 0.717) is 0 Å². The molecular formula is C9H14O3. The van der Waals surface area contributed by atoms with Gasteiger partial charge in [-0.15, -0.1) is 0 Å². The van der Waals surface area contributed by atoms with Crippen molar-refractivity contribution in [2.45, 2.75) is 20.3 Å². The van der Waals surface area contributed by atoms with E-state index in [1.807, 2.05) is 0 Å². The number of rotatable bonds is 5. The second-order valence-corrected chi connectivity index (χ2v) is 3.14. The number of hydrogen-bond donors (Lipinski definition) is 0. The molecule has 0 bridgehead atoms. The van der Waals surface area contributed by atoms with Gasteiger partial charge in [-0.3, -0.25) is 4.79 Å². The van der Waals surface area contributed by atoms with Crippen molar-refractivity contribution in [1.29, 1.82) is 0 Å². The molecule has 0 N–H and O–H groups in total. The second kappa shape index (κ2) is 4.70. The molecule has 0 aliphatic rings. The molecule has 0 unspecified atom stereocenters. The Morgan fingerprint density at radius 3 is 2.58 bits per heavy atom. The van der Waals surface area contributed by atoms with Gasteiger partial charge >= 0.3 is 5.97 Å². The molecule has 0 heterocycles. The summed E-state index contributed by atoms with van der Waals surface area (Å²) in [7, 11) is 0. The summed E-state index contributed by atoms with van der Waals surface area (Å²) < 4.78 is 4.79. The Bertz CT molecular complexity index is 182. The Hall–Kier alpha value is -1.12. The summed E-state index contributed by atoms with van der Waals surface area (Å²) in [5, 5.41) is 0. The Morgan fingerprint density at radius 1 is 1.58 bits per heavy atom. The van der Waals surface area contributed by atoms with Crippen LogP contribution in [0.25, 0.3) is 0 Å². The zero-order chi connectivity index (χ0) is 9.61. The monoisotopic (exact) mass is 170 g/mol. The lowest BCUT2D eigenvalue weighted by Crippen LogP contribution is -2.27. The second-order valence-electron chi connectivity index (χ2n) is 3.14. The molecule has 68 valence electrons. The molecule has 0 aromatic rings. The van der Waals surface area contributed by atoms with Crippen LogP contribution in [0.2, 0.25) is 0 Å². The maximum atomic E-state index is 11.2. The van der Waals surface area contributed by atoms with E-state index in [0.717, 1.165) is 6.29 Å². The van der Waals surface area contributed by atoms with Gasteiger partial charge in [0.25, 0.3) is 0 Å². The zero-order valence-corrected chi connectivity index (χ0v) is 7.50. The molecule has 0 atom stereocenters. The molecule has 0 fully saturated rings. The molecule has 0 aromatic carbocycles. The standard InChI is InChI=1S/C9H14O3/c1-4-7-12-8(11)9(2,3)5-6-10/h4,6H,1,5,7H2,2-3H3. The minimum Gasteiger partial charge on any atom is -0.461 e. The van der Waals surface area contributed by atoms with Crippen molar-refractivity contribution in [3.63, 3.8) is 0 Å². The molecular weight excluding hydrogens is 156 g/mol. The summed E-state index contributed by atoms with van der Waals surface area (Å²) in [4.78, 5) is 21.4. The number of carbonyl (C=O) groups excluding carboxylic acids is 2. The highest BCUT2D eigenvalue weighted by molar-refractivity contribution is 5.79. The summed E-state index contributed by atoms with van der Waals surface area (Å²) >= 11 is 0. The minimum absolute atomic E-state index is 0.184. The van der Waals surface area contributed by atoms with Crippen LogP contribution in [0, 0.1) is 5.41 Å². The lowest BCUT2D eigenvalue weighted by atomic mass is 9.90. The van der Waals surface area contributed by atoms with Crippen LogP contribution in [0.5, 0.6) is 0 Å². The molecule has 12 heavy (non-hydrogen) atoms. The van der Waals surface area contributed by atoms with E-state index >= 15 is 0 Å². The first kappa shape index (κ1) is 10.9. The summed E-state index contributed by atoms with van der Waals surface area (Å²) in [6, 6.07) is 0. The molecule has 0 spiro atoms. The zero-order valence-electron chi connectivity index (χ0n) is 7.50. The van der Waals surface area contributed by atoms with E-state index < -0.39 is 5.41 Å². The van der Waals surface area contributed by atoms with Crippen LogP contribution in [-0.2, 0) is 14.3 Å². The van der Waals surface area contributed by atoms with E-state index in [2.05, 4.69) is 6.58 Å². The number of esters is 1. The lowest BCUT2D eigenvalue weighted by Gasteiger charge is -2.18. The predicted molar refractivity (Wildman–Crippen MR) is 45.6 cm³/mol. The van der Waals surface area contributed by atoms with Crippen LogP contribution < -0.4 is 0 Å². The minimum atomic E-state index is -0.717. The number of ether oxygens (including phenoxy) is 1. The smallest absolute Gasteiger partial charge is 0.312 e. The van der Waals surface area contributed by atoms with Crippen LogP contribution in [0.15, 0.2) is 12.7 Å². The molecule has 0 radical (unpaired) electrons. The fourth-order valence-corrected chi connectivity index (χ4v) is 0.622. The molecule has 3 heteroatoms. The molecule has 0 aliphatic carbocycles. The quantitative estimate of drug-likeness (QED) is 0.355. The SMILES string of the molecule is C=CCOC(=O)C(C)(C)CC=O. The van der Waals surface area contributed by atoms with Gasteiger partial charge in [0.05, 0.1) is 5.41 Å². The van der Waals surface area contributed by atoms with Gasteiger partial charge in [0.1, 0.15) is 12.9 Å². The van der Waals surface area contributed by atoms with Gasteiger partial charge < -0.3 is 9.53 Å². The van der Waals surface area contributed by atoms with E-state index in [-0.39, 0.29) is 19.0 Å². The average molecular weight is 170 g/mol. The lowest BCUT2D eigenvalue weighted by molar-refractivity contribution is -0.153. The molecule has 0 aromatic heterocycles. The van der Waals surface area contributed by atoms with Gasteiger partial charge in [-0.2, -0.15) is 0 Å². The van der Waals surface area contributed by atoms with E-state index in [9.17, 15) is 9.59 Å². The van der Waals surface area contributed by atoms with Gasteiger partial charge in [0.2, 0.25) is 0 Å². The largest absolute Gasteiger partial charge is 0.461 e. The van der Waals surface area contributed by atoms with Crippen LogP contribution >= 0.6 is 0 Å². The first-order valence-corrected chi connectivity index (χ1v) is 3.76. The van der Waals surface area contributed by atoms with E-state index in [4.69, 9.17) is 4.74 Å². The molecule has 0 rings (SSSR count). The van der Waals surface area contributed by atoms with Crippen LogP contribution in [0.4, 0.5) is 0 Å². The van der Waals surface area contributed by atoms with Gasteiger partial charge in [0.15, 0.2) is 0 Å². The Balaban J connectivity index is 4.04. The summed E-state index contributed by atoms with van der Waals surface area (Å²) in [5.74, 6) is -0.366. The third-order valence-corrected chi connectivity index (χ3v) is 1.48. The summed E-state index contributed by atoms with van der Waals surface area (Å²) in [6.07, 6.45) is 2.40. The Kier molecular flexibility index (Phi) is 4.26. The topological polar surface area (TPSA) is 43.4 Å². The highest BCUT2D eigenvalue weighted by atomic mass is 16.5. The van der Waals surface area contributed by atoms with E-state index in [1.165, 1.54) is 6.08 Å². The normalized spacial score (nSPS) is 10.5. The highest BCUT2D eigenvalue weighted by Crippen LogP contribution is 2.20. The summed E-state index contributed by atoms with van der Waals surface area (Å²) in [6.45, 7) is 6.96. The van der Waals surface area contributed by atoms with Crippen molar-refractivity contribution in [3.05, 3.63) is 12.7 Å². The van der Waals surface area contributed by atoms with Gasteiger partial charge in [-0.1, -0.05) is 12.7 Å². The highest BCUT2D eigenvalue weighted by Gasteiger charge is 2.28. The number of aldehydes is 1. The van der Waals surface area contributed by atoms with Crippen molar-refractivity contribution >= 4 is 12.3 Å². The first-order chi connectivity index (χ1) is 5.54. The van der Waals surface area contributed by atoms with Gasteiger partial charge in [-0.05, 0) is 13.8 Å². The molecule has 0 amide bonds.